The molecule has 0 aliphatic heterocycles. The highest BCUT2D eigenvalue weighted by atomic mass is 16.5. The smallest absolute Gasteiger partial charge is 0.339 e. The van der Waals surface area contributed by atoms with E-state index >= 15 is 0 Å². The number of allylic oxidation sites excluding steroid dienone is 1. The lowest BCUT2D eigenvalue weighted by atomic mass is 9.90. The Morgan fingerprint density at radius 2 is 2.18 bits per heavy atom. The third-order valence-corrected chi connectivity index (χ3v) is 2.53. The molecule has 86 valence electrons. The molecule has 2 rings (SSSR count). The first-order valence-corrected chi connectivity index (χ1v) is 5.33. The first kappa shape index (κ1) is 11.3. The third kappa shape index (κ3) is 2.33. The number of rotatable bonds is 3. The van der Waals surface area contributed by atoms with Gasteiger partial charge >= 0.3 is 5.97 Å². The molecule has 0 saturated heterocycles. The highest BCUT2D eigenvalue weighted by molar-refractivity contribution is 6.23. The van der Waals surface area contributed by atoms with Crippen LogP contribution in [-0.4, -0.2) is 18.4 Å². The normalized spacial score (nSPS) is 13.6. The fraction of sp³-hybridized carbons (Fsp3) is 0.143. The molecule has 3 heteroatoms. The second-order valence-corrected chi connectivity index (χ2v) is 3.75. The Labute approximate surface area is 99.4 Å². The Kier molecular flexibility index (Phi) is 3.19. The van der Waals surface area contributed by atoms with Gasteiger partial charge in [-0.25, -0.2) is 4.79 Å². The molecule has 1 aromatic carbocycles. The summed E-state index contributed by atoms with van der Waals surface area (Å²) in [5.74, 6) is -0.556. The van der Waals surface area contributed by atoms with Gasteiger partial charge in [-0.05, 0) is 17.2 Å². The van der Waals surface area contributed by atoms with E-state index < -0.39 is 5.97 Å². The van der Waals surface area contributed by atoms with Crippen molar-refractivity contribution in [1.29, 1.82) is 0 Å². The van der Waals surface area contributed by atoms with Gasteiger partial charge in [-0.2, -0.15) is 0 Å². The zero-order chi connectivity index (χ0) is 12.3. The maximum atomic E-state index is 11.8. The van der Waals surface area contributed by atoms with Crippen LogP contribution >= 0.6 is 0 Å². The second kappa shape index (κ2) is 4.78. The number of benzene rings is 1. The van der Waals surface area contributed by atoms with Gasteiger partial charge in [-0.15, -0.1) is 0 Å². The van der Waals surface area contributed by atoms with Gasteiger partial charge < -0.3 is 4.74 Å². The average Bonchev–Trinajstić information content (AvgIpc) is 2.34. The van der Waals surface area contributed by atoms with Crippen molar-refractivity contribution in [2.75, 3.05) is 6.61 Å². The quantitative estimate of drug-likeness (QED) is 0.586. The SMILES string of the molecule is C=CCOC(=O)C1=CC(=O)Cc2ccccc21. The van der Waals surface area contributed by atoms with Crippen LogP contribution in [0, 0.1) is 0 Å². The van der Waals surface area contributed by atoms with Gasteiger partial charge in [-0.1, -0.05) is 36.9 Å². The van der Waals surface area contributed by atoms with Crippen molar-refractivity contribution in [1.82, 2.24) is 0 Å². The van der Waals surface area contributed by atoms with E-state index in [4.69, 9.17) is 4.74 Å². The molecule has 1 aromatic rings. The summed E-state index contributed by atoms with van der Waals surface area (Å²) in [5, 5.41) is 0. The maximum absolute atomic E-state index is 11.8. The number of carbonyl (C=O) groups is 2. The van der Waals surface area contributed by atoms with E-state index in [0.717, 1.165) is 11.1 Å². The lowest BCUT2D eigenvalue weighted by molar-refractivity contribution is -0.135. The van der Waals surface area contributed by atoms with E-state index in [0.29, 0.717) is 12.0 Å². The second-order valence-electron chi connectivity index (χ2n) is 3.75. The summed E-state index contributed by atoms with van der Waals surface area (Å²) in [4.78, 5) is 23.3. The first-order chi connectivity index (χ1) is 8.22. The van der Waals surface area contributed by atoms with Crippen LogP contribution in [0.15, 0.2) is 43.0 Å². The van der Waals surface area contributed by atoms with Crippen LogP contribution in [0.4, 0.5) is 0 Å². The van der Waals surface area contributed by atoms with Gasteiger partial charge in [0.1, 0.15) is 6.61 Å². The Morgan fingerprint density at radius 3 is 2.94 bits per heavy atom. The lowest BCUT2D eigenvalue weighted by Gasteiger charge is -2.15. The van der Waals surface area contributed by atoms with Crippen molar-refractivity contribution < 1.29 is 14.3 Å². The molecule has 0 aromatic heterocycles. The molecule has 1 aliphatic carbocycles. The number of ether oxygens (including phenoxy) is 1. The summed E-state index contributed by atoms with van der Waals surface area (Å²) >= 11 is 0. The van der Waals surface area contributed by atoms with Crippen molar-refractivity contribution in [3.63, 3.8) is 0 Å². The van der Waals surface area contributed by atoms with Crippen LogP contribution in [0.5, 0.6) is 0 Å². The highest BCUT2D eigenvalue weighted by Crippen LogP contribution is 2.25. The highest BCUT2D eigenvalue weighted by Gasteiger charge is 2.22. The predicted molar refractivity (Wildman–Crippen MR) is 64.3 cm³/mol. The monoisotopic (exact) mass is 228 g/mol. The molecular formula is C14H12O3. The van der Waals surface area contributed by atoms with Crippen molar-refractivity contribution in [3.05, 3.63) is 54.1 Å². The Balaban J connectivity index is 2.35. The molecule has 0 atom stereocenters. The standard InChI is InChI=1S/C14H12O3/c1-2-7-17-14(16)13-9-11(15)8-10-5-3-4-6-12(10)13/h2-6,9H,1,7-8H2. The van der Waals surface area contributed by atoms with Crippen LogP contribution in [-0.2, 0) is 20.7 Å². The van der Waals surface area contributed by atoms with Gasteiger partial charge in [0.2, 0.25) is 0 Å². The number of fused-ring (bicyclic) bond motifs is 1. The van der Waals surface area contributed by atoms with Crippen molar-refractivity contribution >= 4 is 17.3 Å². The summed E-state index contributed by atoms with van der Waals surface area (Å²) in [6.07, 6.45) is 3.19. The minimum atomic E-state index is -0.481. The van der Waals surface area contributed by atoms with Crippen molar-refractivity contribution in [2.24, 2.45) is 0 Å². The summed E-state index contributed by atoms with van der Waals surface area (Å²) in [7, 11) is 0. The van der Waals surface area contributed by atoms with Crippen LogP contribution < -0.4 is 0 Å². The largest absolute Gasteiger partial charge is 0.458 e. The Hall–Kier alpha value is -2.16. The van der Waals surface area contributed by atoms with E-state index in [1.807, 2.05) is 24.3 Å². The van der Waals surface area contributed by atoms with Gasteiger partial charge in [0.05, 0.1) is 5.57 Å². The van der Waals surface area contributed by atoms with E-state index in [1.54, 1.807) is 0 Å². The molecule has 3 nitrogen and oxygen atoms in total. The molecule has 0 bridgehead atoms. The molecule has 0 amide bonds. The lowest BCUT2D eigenvalue weighted by Crippen LogP contribution is -2.16. The zero-order valence-electron chi connectivity index (χ0n) is 9.31. The fourth-order valence-corrected chi connectivity index (χ4v) is 1.80. The Morgan fingerprint density at radius 1 is 1.41 bits per heavy atom. The Bertz CT molecular complexity index is 512. The zero-order valence-corrected chi connectivity index (χ0v) is 9.31. The minimum Gasteiger partial charge on any atom is -0.458 e. The predicted octanol–water partition coefficient (Wildman–Crippen LogP) is 1.92. The van der Waals surface area contributed by atoms with E-state index in [9.17, 15) is 9.59 Å². The number of esters is 1. The van der Waals surface area contributed by atoms with E-state index in [2.05, 4.69) is 6.58 Å². The summed E-state index contributed by atoms with van der Waals surface area (Å²) in [6, 6.07) is 7.36. The molecule has 0 fully saturated rings. The van der Waals surface area contributed by atoms with Crippen molar-refractivity contribution in [3.8, 4) is 0 Å². The molecule has 17 heavy (non-hydrogen) atoms. The minimum absolute atomic E-state index is 0.0748. The molecule has 0 heterocycles. The molecule has 0 spiro atoms. The van der Waals surface area contributed by atoms with E-state index in [-0.39, 0.29) is 12.4 Å². The first-order valence-electron chi connectivity index (χ1n) is 5.33. The molecule has 0 unspecified atom stereocenters. The van der Waals surface area contributed by atoms with Gasteiger partial charge in [-0.3, -0.25) is 4.79 Å². The maximum Gasteiger partial charge on any atom is 0.339 e. The van der Waals surface area contributed by atoms with E-state index in [1.165, 1.54) is 12.2 Å². The molecule has 0 saturated carbocycles. The molecule has 0 N–H and O–H groups in total. The molecular weight excluding hydrogens is 216 g/mol. The number of ketones is 1. The summed E-state index contributed by atoms with van der Waals surface area (Å²) < 4.78 is 4.96. The van der Waals surface area contributed by atoms with Crippen LogP contribution in [0.3, 0.4) is 0 Å². The summed E-state index contributed by atoms with van der Waals surface area (Å²) in [5.41, 5.74) is 1.98. The fourth-order valence-electron chi connectivity index (χ4n) is 1.80. The molecule has 1 aliphatic rings. The number of carbonyl (C=O) groups excluding carboxylic acids is 2. The van der Waals surface area contributed by atoms with Crippen LogP contribution in [0.25, 0.3) is 5.57 Å². The van der Waals surface area contributed by atoms with Gasteiger partial charge in [0, 0.05) is 6.42 Å². The topological polar surface area (TPSA) is 43.4 Å². The number of hydrogen-bond donors (Lipinski definition) is 0. The molecule has 0 radical (unpaired) electrons. The average molecular weight is 228 g/mol. The van der Waals surface area contributed by atoms with Crippen LogP contribution in [0.2, 0.25) is 0 Å². The number of hydrogen-bond acceptors (Lipinski definition) is 3. The van der Waals surface area contributed by atoms with Crippen LogP contribution in [0.1, 0.15) is 11.1 Å². The van der Waals surface area contributed by atoms with Gasteiger partial charge in [0.25, 0.3) is 0 Å². The summed E-state index contributed by atoms with van der Waals surface area (Å²) in [6.45, 7) is 3.62. The van der Waals surface area contributed by atoms with Gasteiger partial charge in [0.15, 0.2) is 5.78 Å². The van der Waals surface area contributed by atoms with Crippen molar-refractivity contribution in [2.45, 2.75) is 6.42 Å². The third-order valence-electron chi connectivity index (χ3n) is 2.53.